The second-order valence-electron chi connectivity index (χ2n) is 3.46. The molecule has 1 aromatic rings. The number of nitrogens with one attached hydrogen (secondary N) is 1. The Hall–Kier alpha value is -0.450. The zero-order valence-corrected chi connectivity index (χ0v) is 10.6. The third kappa shape index (κ3) is 3.89. The maximum Gasteiger partial charge on any atom is 0.0932 e. The zero-order chi connectivity index (χ0) is 11.1. The van der Waals surface area contributed by atoms with Crippen LogP contribution in [0.1, 0.15) is 28.9 Å². The van der Waals surface area contributed by atoms with Crippen LogP contribution in [-0.4, -0.2) is 25.7 Å². The first-order chi connectivity index (χ1) is 7.31. The highest BCUT2D eigenvalue weighted by Gasteiger charge is 2.08. The predicted octanol–water partition coefficient (Wildman–Crippen LogP) is 2.00. The minimum atomic E-state index is 0.822. The molecule has 1 N–H and O–H groups in total. The van der Waals surface area contributed by atoms with Crippen LogP contribution in [-0.2, 0) is 24.1 Å². The molecule has 0 atom stereocenters. The molecule has 4 heteroatoms. The summed E-state index contributed by atoms with van der Waals surface area (Å²) in [5.74, 6) is 0. The topological polar surface area (TPSA) is 34.1 Å². The van der Waals surface area contributed by atoms with Crippen LogP contribution in [0.2, 0.25) is 0 Å². The van der Waals surface area contributed by atoms with E-state index >= 15 is 0 Å². The van der Waals surface area contributed by atoms with E-state index in [0.29, 0.717) is 0 Å². The van der Waals surface area contributed by atoms with Gasteiger partial charge in [-0.15, -0.1) is 11.3 Å². The number of hydrogen-bond donors (Lipinski definition) is 1. The molecule has 0 fully saturated rings. The molecule has 0 aliphatic carbocycles. The van der Waals surface area contributed by atoms with Gasteiger partial charge in [0.15, 0.2) is 0 Å². The molecule has 1 rings (SSSR count). The van der Waals surface area contributed by atoms with Gasteiger partial charge in [0, 0.05) is 31.6 Å². The molecule has 0 bridgehead atoms. The van der Waals surface area contributed by atoms with E-state index in [1.165, 1.54) is 15.6 Å². The van der Waals surface area contributed by atoms with Crippen molar-refractivity contribution < 1.29 is 4.74 Å². The van der Waals surface area contributed by atoms with Crippen molar-refractivity contribution in [1.82, 2.24) is 10.3 Å². The summed E-state index contributed by atoms with van der Waals surface area (Å²) in [5, 5.41) is 4.43. The van der Waals surface area contributed by atoms with Gasteiger partial charge in [-0.2, -0.15) is 0 Å². The summed E-state index contributed by atoms with van der Waals surface area (Å²) >= 11 is 1.83. The van der Waals surface area contributed by atoms with Crippen molar-refractivity contribution in [3.05, 3.63) is 15.6 Å². The Morgan fingerprint density at radius 1 is 1.47 bits per heavy atom. The molecule has 86 valence electrons. The van der Waals surface area contributed by atoms with Crippen molar-refractivity contribution >= 4 is 11.3 Å². The monoisotopic (exact) mass is 228 g/mol. The van der Waals surface area contributed by atoms with Crippen molar-refractivity contribution in [3.8, 4) is 0 Å². The van der Waals surface area contributed by atoms with Gasteiger partial charge < -0.3 is 10.1 Å². The van der Waals surface area contributed by atoms with Crippen molar-refractivity contribution in [2.45, 2.75) is 32.7 Å². The Labute approximate surface area is 95.9 Å². The van der Waals surface area contributed by atoms with Crippen LogP contribution in [0.4, 0.5) is 0 Å². The van der Waals surface area contributed by atoms with E-state index in [-0.39, 0.29) is 0 Å². The van der Waals surface area contributed by atoms with E-state index in [1.807, 2.05) is 18.4 Å². The fraction of sp³-hybridized carbons (Fsp3) is 0.727. The highest BCUT2D eigenvalue weighted by Crippen LogP contribution is 2.20. The van der Waals surface area contributed by atoms with Gasteiger partial charge in [-0.1, -0.05) is 6.92 Å². The van der Waals surface area contributed by atoms with Gasteiger partial charge in [0.2, 0.25) is 0 Å². The maximum absolute atomic E-state index is 5.04. The number of aromatic nitrogens is 1. The average Bonchev–Trinajstić information content (AvgIpc) is 2.62. The molecule has 3 nitrogen and oxygen atoms in total. The largest absolute Gasteiger partial charge is 0.385 e. The number of rotatable bonds is 7. The molecule has 0 aliphatic heterocycles. The third-order valence-corrected chi connectivity index (χ3v) is 3.39. The van der Waals surface area contributed by atoms with Crippen molar-refractivity contribution in [3.63, 3.8) is 0 Å². The molecule has 0 aromatic carbocycles. The van der Waals surface area contributed by atoms with Gasteiger partial charge in [0.1, 0.15) is 0 Å². The molecule has 0 radical (unpaired) electrons. The number of nitrogens with zero attached hydrogens (tertiary/aromatic N) is 1. The van der Waals surface area contributed by atoms with E-state index in [0.717, 1.165) is 32.4 Å². The summed E-state index contributed by atoms with van der Waals surface area (Å²) in [6.45, 7) is 3.92. The van der Waals surface area contributed by atoms with E-state index in [2.05, 4.69) is 17.2 Å². The van der Waals surface area contributed by atoms with E-state index in [1.54, 1.807) is 7.11 Å². The van der Waals surface area contributed by atoms with Gasteiger partial charge in [-0.3, -0.25) is 0 Å². The second kappa shape index (κ2) is 6.93. The summed E-state index contributed by atoms with van der Waals surface area (Å²) < 4.78 is 5.04. The van der Waals surface area contributed by atoms with Crippen LogP contribution in [0.25, 0.3) is 0 Å². The molecule has 0 aliphatic rings. The number of aryl methyl sites for hydroxylation is 2. The molecule has 0 saturated heterocycles. The molecular formula is C11H20N2OS. The van der Waals surface area contributed by atoms with Gasteiger partial charge in [-0.25, -0.2) is 4.98 Å². The molecular weight excluding hydrogens is 208 g/mol. The molecule has 15 heavy (non-hydrogen) atoms. The Balaban J connectivity index is 2.57. The summed E-state index contributed by atoms with van der Waals surface area (Å²) in [6.07, 6.45) is 3.12. The van der Waals surface area contributed by atoms with Crippen LogP contribution in [0.3, 0.4) is 0 Å². The van der Waals surface area contributed by atoms with Crippen molar-refractivity contribution in [2.24, 2.45) is 0 Å². The Kier molecular flexibility index (Phi) is 5.83. The molecule has 0 spiro atoms. The van der Waals surface area contributed by atoms with Gasteiger partial charge >= 0.3 is 0 Å². The molecule has 0 amide bonds. The van der Waals surface area contributed by atoms with Crippen LogP contribution in [0, 0.1) is 0 Å². The predicted molar refractivity (Wildman–Crippen MR) is 64.5 cm³/mol. The Morgan fingerprint density at radius 3 is 2.87 bits per heavy atom. The summed E-state index contributed by atoms with van der Waals surface area (Å²) in [6, 6.07) is 0. The fourth-order valence-electron chi connectivity index (χ4n) is 1.49. The first kappa shape index (κ1) is 12.6. The summed E-state index contributed by atoms with van der Waals surface area (Å²) in [5.41, 5.74) is 1.25. The van der Waals surface area contributed by atoms with Crippen molar-refractivity contribution in [2.75, 3.05) is 20.8 Å². The number of hydrogen-bond acceptors (Lipinski definition) is 4. The van der Waals surface area contributed by atoms with Crippen LogP contribution in [0.15, 0.2) is 0 Å². The molecule has 1 aromatic heterocycles. The summed E-state index contributed by atoms with van der Waals surface area (Å²) in [4.78, 5) is 6.02. The lowest BCUT2D eigenvalue weighted by Crippen LogP contribution is -2.05. The smallest absolute Gasteiger partial charge is 0.0932 e. The Morgan fingerprint density at radius 2 is 2.27 bits per heavy atom. The van der Waals surface area contributed by atoms with Gasteiger partial charge in [0.25, 0.3) is 0 Å². The lowest BCUT2D eigenvalue weighted by atomic mass is 10.3. The first-order valence-corrected chi connectivity index (χ1v) is 6.24. The third-order valence-electron chi connectivity index (χ3n) is 2.23. The molecule has 0 saturated carbocycles. The van der Waals surface area contributed by atoms with E-state index in [4.69, 9.17) is 4.74 Å². The molecule has 1 heterocycles. The summed E-state index contributed by atoms with van der Waals surface area (Å²) in [7, 11) is 3.72. The van der Waals surface area contributed by atoms with Crippen LogP contribution < -0.4 is 5.32 Å². The average molecular weight is 228 g/mol. The van der Waals surface area contributed by atoms with Crippen molar-refractivity contribution in [1.29, 1.82) is 0 Å². The van der Waals surface area contributed by atoms with Gasteiger partial charge in [0.05, 0.1) is 10.7 Å². The van der Waals surface area contributed by atoms with E-state index < -0.39 is 0 Å². The maximum atomic E-state index is 5.04. The standard InChI is InChI=1S/C11H20N2OS/c1-4-9-10(8-12-2)15-11(13-9)6-5-7-14-3/h12H,4-8H2,1-3H3. The van der Waals surface area contributed by atoms with E-state index in [9.17, 15) is 0 Å². The number of methoxy groups -OCH3 is 1. The SMILES string of the molecule is CCc1nc(CCCOC)sc1CNC. The highest BCUT2D eigenvalue weighted by molar-refractivity contribution is 7.11. The fourth-order valence-corrected chi connectivity index (χ4v) is 2.70. The van der Waals surface area contributed by atoms with Crippen LogP contribution >= 0.6 is 11.3 Å². The minimum absolute atomic E-state index is 0.822. The quantitative estimate of drug-likeness (QED) is 0.725. The zero-order valence-electron chi connectivity index (χ0n) is 9.80. The number of ether oxygens (including phenoxy) is 1. The van der Waals surface area contributed by atoms with Gasteiger partial charge in [-0.05, 0) is 19.9 Å². The lowest BCUT2D eigenvalue weighted by molar-refractivity contribution is 0.195. The number of thiazole rings is 1. The lowest BCUT2D eigenvalue weighted by Gasteiger charge is -1.96. The second-order valence-corrected chi connectivity index (χ2v) is 4.63. The first-order valence-electron chi connectivity index (χ1n) is 5.42. The van der Waals surface area contributed by atoms with Crippen LogP contribution in [0.5, 0.6) is 0 Å². The molecule has 0 unspecified atom stereocenters. The highest BCUT2D eigenvalue weighted by atomic mass is 32.1. The Bertz CT molecular complexity index is 286. The minimum Gasteiger partial charge on any atom is -0.385 e. The normalized spacial score (nSPS) is 10.9.